The first-order valence-corrected chi connectivity index (χ1v) is 14.0. The van der Waals surface area contributed by atoms with Crippen molar-refractivity contribution in [2.75, 3.05) is 54.5 Å². The summed E-state index contributed by atoms with van der Waals surface area (Å²) >= 11 is 0. The normalized spacial score (nSPS) is 11.7. The summed E-state index contributed by atoms with van der Waals surface area (Å²) in [6.07, 6.45) is 7.00. The van der Waals surface area contributed by atoms with Crippen LogP contribution in [0.25, 0.3) is 55.7 Å². The SMILES string of the molecule is CN(C)CCOc1cncc(-c2cnc3[nH]nc(-c4cc5c(-c6cc(F)cc(OCCN(C)C)c6)nccc5[nH]4)c3c2)c1. The Labute approximate surface area is 248 Å². The van der Waals surface area contributed by atoms with Crippen molar-refractivity contribution < 1.29 is 13.9 Å². The van der Waals surface area contributed by atoms with Crippen LogP contribution in [0.15, 0.2) is 67.3 Å². The Morgan fingerprint density at radius 1 is 0.744 bits per heavy atom. The van der Waals surface area contributed by atoms with E-state index in [-0.39, 0.29) is 5.82 Å². The Morgan fingerprint density at radius 3 is 2.28 bits per heavy atom. The van der Waals surface area contributed by atoms with Gasteiger partial charge in [0.2, 0.25) is 0 Å². The van der Waals surface area contributed by atoms with Crippen molar-refractivity contribution in [1.82, 2.24) is 39.9 Å². The molecule has 0 aliphatic carbocycles. The molecule has 5 aromatic heterocycles. The first-order chi connectivity index (χ1) is 20.8. The molecule has 0 unspecified atom stereocenters. The van der Waals surface area contributed by atoms with E-state index in [1.807, 2.05) is 63.4 Å². The van der Waals surface area contributed by atoms with E-state index in [0.717, 1.165) is 46.2 Å². The van der Waals surface area contributed by atoms with Crippen molar-refractivity contribution in [2.24, 2.45) is 0 Å². The van der Waals surface area contributed by atoms with Crippen LogP contribution in [0.2, 0.25) is 0 Å². The fraction of sp³-hybridized carbons (Fsp3) is 0.250. The molecule has 6 aromatic rings. The van der Waals surface area contributed by atoms with Gasteiger partial charge in [-0.25, -0.2) is 9.37 Å². The summed E-state index contributed by atoms with van der Waals surface area (Å²) in [5.41, 5.74) is 6.07. The van der Waals surface area contributed by atoms with Gasteiger partial charge in [0, 0.05) is 70.7 Å². The Morgan fingerprint density at radius 2 is 1.49 bits per heavy atom. The molecule has 0 aliphatic heterocycles. The molecule has 6 rings (SSSR count). The van der Waals surface area contributed by atoms with Gasteiger partial charge in [0.1, 0.15) is 36.2 Å². The van der Waals surface area contributed by atoms with Crippen LogP contribution in [0.4, 0.5) is 4.39 Å². The van der Waals surface area contributed by atoms with Gasteiger partial charge in [-0.2, -0.15) is 5.10 Å². The highest BCUT2D eigenvalue weighted by Crippen LogP contribution is 2.35. The highest BCUT2D eigenvalue weighted by molar-refractivity contribution is 6.00. The molecule has 11 heteroatoms. The first-order valence-electron chi connectivity index (χ1n) is 14.0. The van der Waals surface area contributed by atoms with Crippen LogP contribution in [0.3, 0.4) is 0 Å². The number of hydrogen-bond acceptors (Lipinski definition) is 8. The molecule has 0 amide bonds. The number of ether oxygens (including phenoxy) is 2. The van der Waals surface area contributed by atoms with Crippen LogP contribution in [0, 0.1) is 5.82 Å². The summed E-state index contributed by atoms with van der Waals surface area (Å²) in [6.45, 7) is 2.55. The van der Waals surface area contributed by atoms with E-state index in [1.54, 1.807) is 24.8 Å². The summed E-state index contributed by atoms with van der Waals surface area (Å²) in [5, 5.41) is 9.31. The third-order valence-corrected chi connectivity index (χ3v) is 7.03. The maximum absolute atomic E-state index is 14.6. The molecule has 43 heavy (non-hydrogen) atoms. The molecule has 0 saturated carbocycles. The largest absolute Gasteiger partial charge is 0.492 e. The maximum atomic E-state index is 14.6. The Bertz CT molecular complexity index is 1880. The fourth-order valence-electron chi connectivity index (χ4n) is 4.81. The number of rotatable bonds is 11. The topological polar surface area (TPSA) is 108 Å². The van der Waals surface area contributed by atoms with Crippen molar-refractivity contribution in [1.29, 1.82) is 0 Å². The monoisotopic (exact) mass is 580 g/mol. The van der Waals surface area contributed by atoms with E-state index in [0.29, 0.717) is 47.3 Å². The lowest BCUT2D eigenvalue weighted by Crippen LogP contribution is -2.19. The van der Waals surface area contributed by atoms with Crippen molar-refractivity contribution in [3.63, 3.8) is 0 Å². The van der Waals surface area contributed by atoms with Crippen molar-refractivity contribution in [3.8, 4) is 45.3 Å². The highest BCUT2D eigenvalue weighted by Gasteiger charge is 2.17. The van der Waals surface area contributed by atoms with E-state index in [9.17, 15) is 4.39 Å². The Hall–Kier alpha value is -4.87. The molecule has 0 bridgehead atoms. The smallest absolute Gasteiger partial charge is 0.155 e. The zero-order valence-electron chi connectivity index (χ0n) is 24.6. The number of H-pyrrole nitrogens is 2. The number of benzene rings is 1. The minimum Gasteiger partial charge on any atom is -0.492 e. The number of halogens is 1. The fourth-order valence-corrected chi connectivity index (χ4v) is 4.81. The summed E-state index contributed by atoms with van der Waals surface area (Å²) in [4.78, 5) is 21.1. The standard InChI is InChI=1S/C32H33FN8O2/c1-40(2)7-9-42-24-12-20(11-23(33)15-24)30-26-16-29(37-28(26)5-6-35-30)31-27-14-22(18-36-32(27)39-38-31)21-13-25(19-34-17-21)43-10-8-41(3)4/h5-6,11-19,37H,7-10H2,1-4H3,(H,36,38,39). The van der Waals surface area contributed by atoms with Crippen LogP contribution < -0.4 is 9.47 Å². The molecule has 1 aromatic carbocycles. The predicted molar refractivity (Wildman–Crippen MR) is 166 cm³/mol. The molecular formula is C32H33FN8O2. The number of aromatic nitrogens is 6. The molecule has 220 valence electrons. The lowest BCUT2D eigenvalue weighted by Gasteiger charge is -2.12. The molecule has 2 N–H and O–H groups in total. The van der Waals surface area contributed by atoms with Gasteiger partial charge in [-0.05, 0) is 64.6 Å². The van der Waals surface area contributed by atoms with Gasteiger partial charge in [-0.15, -0.1) is 0 Å². The Balaban J connectivity index is 1.33. The third-order valence-electron chi connectivity index (χ3n) is 7.03. The molecule has 0 fully saturated rings. The first kappa shape index (κ1) is 28.3. The number of aromatic amines is 2. The van der Waals surface area contributed by atoms with Gasteiger partial charge in [0.25, 0.3) is 0 Å². The summed E-state index contributed by atoms with van der Waals surface area (Å²) < 4.78 is 26.3. The molecule has 10 nitrogen and oxygen atoms in total. The molecule has 0 radical (unpaired) electrons. The second-order valence-electron chi connectivity index (χ2n) is 10.9. The molecule has 0 atom stereocenters. The quantitative estimate of drug-likeness (QED) is 0.214. The second-order valence-corrected chi connectivity index (χ2v) is 10.9. The van der Waals surface area contributed by atoms with Crippen LogP contribution in [0.5, 0.6) is 11.5 Å². The van der Waals surface area contributed by atoms with Crippen molar-refractivity contribution >= 4 is 21.9 Å². The van der Waals surface area contributed by atoms with Gasteiger partial charge in [-0.1, -0.05) is 0 Å². The number of nitrogens with one attached hydrogen (secondary N) is 2. The van der Waals surface area contributed by atoms with E-state index in [1.165, 1.54) is 12.1 Å². The van der Waals surface area contributed by atoms with Crippen LogP contribution in [0.1, 0.15) is 0 Å². The Kier molecular flexibility index (Phi) is 7.99. The van der Waals surface area contributed by atoms with Crippen molar-refractivity contribution in [2.45, 2.75) is 0 Å². The van der Waals surface area contributed by atoms with E-state index in [4.69, 9.17) is 9.47 Å². The summed E-state index contributed by atoms with van der Waals surface area (Å²) in [7, 11) is 7.94. The average Bonchev–Trinajstić information content (AvgIpc) is 3.60. The van der Waals surface area contributed by atoms with E-state index in [2.05, 4.69) is 35.0 Å². The van der Waals surface area contributed by atoms with Crippen molar-refractivity contribution in [3.05, 3.63) is 73.1 Å². The van der Waals surface area contributed by atoms with Crippen LogP contribution >= 0.6 is 0 Å². The number of likely N-dealkylation sites (N-methyl/N-ethyl adjacent to an activating group) is 2. The summed E-state index contributed by atoms with van der Waals surface area (Å²) in [6, 6.07) is 12.6. The van der Waals surface area contributed by atoms with Gasteiger partial charge in [-0.3, -0.25) is 15.1 Å². The zero-order valence-corrected chi connectivity index (χ0v) is 24.6. The lowest BCUT2D eigenvalue weighted by atomic mass is 10.1. The minimum absolute atomic E-state index is 0.384. The zero-order chi connectivity index (χ0) is 29.9. The molecular weight excluding hydrogens is 547 g/mol. The predicted octanol–water partition coefficient (Wildman–Crippen LogP) is 5.25. The molecule has 0 spiro atoms. The average molecular weight is 581 g/mol. The number of hydrogen-bond donors (Lipinski definition) is 2. The van der Waals surface area contributed by atoms with Gasteiger partial charge in [0.05, 0.1) is 17.6 Å². The number of pyridine rings is 3. The van der Waals surface area contributed by atoms with Gasteiger partial charge >= 0.3 is 0 Å². The molecule has 0 aliphatic rings. The molecule has 5 heterocycles. The van der Waals surface area contributed by atoms with Gasteiger partial charge in [0.15, 0.2) is 5.65 Å². The van der Waals surface area contributed by atoms with E-state index < -0.39 is 0 Å². The van der Waals surface area contributed by atoms with Crippen LogP contribution in [-0.4, -0.2) is 94.4 Å². The molecule has 0 saturated heterocycles. The second kappa shape index (κ2) is 12.2. The number of nitrogens with zero attached hydrogens (tertiary/aromatic N) is 6. The number of fused-ring (bicyclic) bond motifs is 2. The highest BCUT2D eigenvalue weighted by atomic mass is 19.1. The minimum atomic E-state index is -0.384. The van der Waals surface area contributed by atoms with Gasteiger partial charge < -0.3 is 24.3 Å². The maximum Gasteiger partial charge on any atom is 0.155 e. The third kappa shape index (κ3) is 6.32. The van der Waals surface area contributed by atoms with Crippen LogP contribution in [-0.2, 0) is 0 Å². The van der Waals surface area contributed by atoms with E-state index >= 15 is 0 Å². The lowest BCUT2D eigenvalue weighted by molar-refractivity contribution is 0.260. The summed E-state index contributed by atoms with van der Waals surface area (Å²) in [5.74, 6) is 0.779.